The highest BCUT2D eigenvalue weighted by atomic mass is 19.2. The van der Waals surface area contributed by atoms with E-state index in [9.17, 15) is 23.1 Å². The zero-order valence-corrected chi connectivity index (χ0v) is 17.3. The second-order valence-electron chi connectivity index (χ2n) is 7.83. The lowest BCUT2D eigenvalue weighted by Gasteiger charge is -2.29. The van der Waals surface area contributed by atoms with E-state index in [1.165, 1.54) is 0 Å². The van der Waals surface area contributed by atoms with Crippen LogP contribution in [-0.2, 0) is 14.3 Å². The highest BCUT2D eigenvalue weighted by Gasteiger charge is 2.24. The van der Waals surface area contributed by atoms with Gasteiger partial charge in [0.25, 0.3) is 0 Å². The van der Waals surface area contributed by atoms with Gasteiger partial charge < -0.3 is 14.6 Å². The maximum absolute atomic E-state index is 13.4. The summed E-state index contributed by atoms with van der Waals surface area (Å²) in [5.74, 6) is -4.17. The van der Waals surface area contributed by atoms with E-state index >= 15 is 0 Å². The van der Waals surface area contributed by atoms with Crippen LogP contribution in [0.25, 0.3) is 0 Å². The van der Waals surface area contributed by atoms with Gasteiger partial charge in [-0.2, -0.15) is 0 Å². The van der Waals surface area contributed by atoms with Crippen molar-refractivity contribution in [1.82, 2.24) is 0 Å². The first-order chi connectivity index (χ1) is 14.4. The normalized spacial score (nSPS) is 20.0. The second kappa shape index (κ2) is 12.7. The molecule has 1 saturated carbocycles. The number of halogens is 3. The third-order valence-corrected chi connectivity index (χ3v) is 5.52. The van der Waals surface area contributed by atoms with E-state index in [1.807, 2.05) is 0 Å². The van der Waals surface area contributed by atoms with E-state index < -0.39 is 29.5 Å². The number of rotatable bonds is 12. The van der Waals surface area contributed by atoms with Gasteiger partial charge in [-0.25, -0.2) is 18.0 Å². The number of carbonyl (C=O) groups excluding carboxylic acids is 1. The van der Waals surface area contributed by atoms with Crippen molar-refractivity contribution in [1.29, 1.82) is 0 Å². The molecule has 1 aliphatic rings. The molecule has 7 heteroatoms. The highest BCUT2D eigenvalue weighted by molar-refractivity contribution is 5.81. The zero-order chi connectivity index (χ0) is 21.9. The van der Waals surface area contributed by atoms with Crippen LogP contribution in [0.1, 0.15) is 69.3 Å². The number of esters is 1. The number of benzene rings is 1. The number of aliphatic hydroxyl groups excluding tert-OH is 1. The Morgan fingerprint density at radius 3 is 2.37 bits per heavy atom. The summed E-state index contributed by atoms with van der Waals surface area (Å²) >= 11 is 0. The first kappa shape index (κ1) is 24.4. The molecule has 0 bridgehead atoms. The number of unbranched alkanes of at least 4 members (excludes halogenated alkanes) is 3. The van der Waals surface area contributed by atoms with Gasteiger partial charge in [-0.1, -0.05) is 25.8 Å². The average molecular weight is 428 g/mol. The molecule has 1 atom stereocenters. The van der Waals surface area contributed by atoms with E-state index in [-0.39, 0.29) is 18.6 Å². The van der Waals surface area contributed by atoms with E-state index in [0.29, 0.717) is 18.6 Å². The largest absolute Gasteiger partial charge is 0.460 e. The summed E-state index contributed by atoms with van der Waals surface area (Å²) in [6.45, 7) is 3.95. The molecule has 1 aromatic carbocycles. The van der Waals surface area contributed by atoms with Crippen molar-refractivity contribution in [3.63, 3.8) is 0 Å². The molecular weight excluding hydrogens is 397 g/mol. The predicted octanol–water partition coefficient (Wildman–Crippen LogP) is 5.19. The summed E-state index contributed by atoms with van der Waals surface area (Å²) < 4.78 is 50.6. The lowest BCUT2D eigenvalue weighted by Crippen LogP contribution is -2.21. The molecule has 0 spiro atoms. The lowest BCUT2D eigenvalue weighted by atomic mass is 9.82. The number of ether oxygens (including phenoxy) is 2. The van der Waals surface area contributed by atoms with Crippen molar-refractivity contribution in [2.24, 2.45) is 0 Å². The van der Waals surface area contributed by atoms with Crippen LogP contribution in [0.15, 0.2) is 24.8 Å². The summed E-state index contributed by atoms with van der Waals surface area (Å²) in [5, 5.41) is 9.72. The first-order valence-corrected chi connectivity index (χ1v) is 10.6. The molecular formula is C23H31F3O4. The molecule has 168 valence electrons. The molecule has 0 aromatic heterocycles. The Balaban J connectivity index is 1.53. The molecule has 0 amide bonds. The van der Waals surface area contributed by atoms with Crippen LogP contribution < -0.4 is 0 Å². The quantitative estimate of drug-likeness (QED) is 0.216. The van der Waals surface area contributed by atoms with Crippen molar-refractivity contribution >= 4 is 5.97 Å². The molecule has 1 aromatic rings. The van der Waals surface area contributed by atoms with E-state index in [1.54, 1.807) is 0 Å². The molecule has 0 radical (unpaired) electrons. The Morgan fingerprint density at radius 2 is 1.73 bits per heavy atom. The Bertz CT molecular complexity index is 664. The fourth-order valence-electron chi connectivity index (χ4n) is 3.78. The minimum absolute atomic E-state index is 0.00611. The van der Waals surface area contributed by atoms with Crippen LogP contribution >= 0.6 is 0 Å². The van der Waals surface area contributed by atoms with Crippen LogP contribution in [0.2, 0.25) is 0 Å². The molecule has 30 heavy (non-hydrogen) atoms. The molecule has 1 aliphatic carbocycles. The third kappa shape index (κ3) is 8.11. The molecule has 0 heterocycles. The third-order valence-electron chi connectivity index (χ3n) is 5.52. The van der Waals surface area contributed by atoms with Gasteiger partial charge in [0.05, 0.1) is 12.2 Å². The van der Waals surface area contributed by atoms with Crippen molar-refractivity contribution in [3.05, 3.63) is 47.8 Å². The Hall–Kier alpha value is -1.86. The topological polar surface area (TPSA) is 55.8 Å². The summed E-state index contributed by atoms with van der Waals surface area (Å²) in [7, 11) is 0. The van der Waals surface area contributed by atoms with Gasteiger partial charge in [-0.3, -0.25) is 0 Å². The summed E-state index contributed by atoms with van der Waals surface area (Å²) in [6, 6.07) is 2.20. The summed E-state index contributed by atoms with van der Waals surface area (Å²) in [6.07, 6.45) is 8.06. The lowest BCUT2D eigenvalue weighted by molar-refractivity contribution is -0.140. The number of hydrogen-bond donors (Lipinski definition) is 1. The maximum Gasteiger partial charge on any atom is 0.330 e. The minimum Gasteiger partial charge on any atom is -0.460 e. The van der Waals surface area contributed by atoms with E-state index in [4.69, 9.17) is 9.47 Å². The van der Waals surface area contributed by atoms with E-state index in [0.717, 1.165) is 69.6 Å². The fraction of sp³-hybridized carbons (Fsp3) is 0.609. The predicted molar refractivity (Wildman–Crippen MR) is 108 cm³/mol. The standard InChI is InChI=1S/C23H31F3O4/c1-2-22(28)30-15-18(27)7-5-3-4-6-12-29-19-10-8-16(9-11-19)17-13-20(24)23(26)21(25)14-17/h2,13-14,16,18-19,27H,1,3-12,15H2. The molecule has 4 nitrogen and oxygen atoms in total. The van der Waals surface area contributed by atoms with Crippen molar-refractivity contribution < 1.29 is 32.5 Å². The Labute approximate surface area is 176 Å². The Morgan fingerprint density at radius 1 is 1.10 bits per heavy atom. The number of aliphatic hydroxyl groups is 1. The minimum atomic E-state index is -1.42. The zero-order valence-electron chi connectivity index (χ0n) is 17.3. The van der Waals surface area contributed by atoms with Crippen LogP contribution in [-0.4, -0.2) is 36.5 Å². The van der Waals surface area contributed by atoms with Gasteiger partial charge in [-0.05, 0) is 62.1 Å². The summed E-state index contributed by atoms with van der Waals surface area (Å²) in [4.78, 5) is 10.9. The molecule has 1 N–H and O–H groups in total. The van der Waals surface area contributed by atoms with Crippen molar-refractivity contribution in [2.45, 2.75) is 75.9 Å². The highest BCUT2D eigenvalue weighted by Crippen LogP contribution is 2.35. The van der Waals surface area contributed by atoms with Crippen molar-refractivity contribution in [2.75, 3.05) is 13.2 Å². The van der Waals surface area contributed by atoms with Crippen LogP contribution in [0.4, 0.5) is 13.2 Å². The molecule has 0 aliphatic heterocycles. The van der Waals surface area contributed by atoms with Gasteiger partial charge >= 0.3 is 5.97 Å². The van der Waals surface area contributed by atoms with E-state index in [2.05, 4.69) is 6.58 Å². The molecule has 2 rings (SSSR count). The number of hydrogen-bond acceptors (Lipinski definition) is 4. The molecule has 1 fully saturated rings. The molecule has 0 saturated heterocycles. The van der Waals surface area contributed by atoms with Crippen LogP contribution in [0.3, 0.4) is 0 Å². The SMILES string of the molecule is C=CC(=O)OCC(O)CCCCCCOC1CCC(c2cc(F)c(F)c(F)c2)CC1. The van der Waals surface area contributed by atoms with Crippen molar-refractivity contribution in [3.8, 4) is 0 Å². The smallest absolute Gasteiger partial charge is 0.330 e. The van der Waals surface area contributed by atoms with Crippen LogP contribution in [0, 0.1) is 17.5 Å². The fourth-order valence-corrected chi connectivity index (χ4v) is 3.78. The number of carbonyl (C=O) groups is 1. The average Bonchev–Trinajstić information content (AvgIpc) is 2.75. The Kier molecular flexibility index (Phi) is 10.4. The maximum atomic E-state index is 13.4. The van der Waals surface area contributed by atoms with Gasteiger partial charge in [0.1, 0.15) is 6.61 Å². The van der Waals surface area contributed by atoms with Gasteiger partial charge in [-0.15, -0.1) is 0 Å². The van der Waals surface area contributed by atoms with Crippen LogP contribution in [0.5, 0.6) is 0 Å². The van der Waals surface area contributed by atoms with Gasteiger partial charge in [0.15, 0.2) is 17.5 Å². The molecule has 1 unspecified atom stereocenters. The second-order valence-corrected chi connectivity index (χ2v) is 7.83. The monoisotopic (exact) mass is 428 g/mol. The van der Waals surface area contributed by atoms with Gasteiger partial charge in [0, 0.05) is 12.7 Å². The summed E-state index contributed by atoms with van der Waals surface area (Å²) in [5.41, 5.74) is 0.520. The first-order valence-electron chi connectivity index (χ1n) is 10.6. The van der Waals surface area contributed by atoms with Gasteiger partial charge in [0.2, 0.25) is 0 Å².